The van der Waals surface area contributed by atoms with Gasteiger partial charge in [0.2, 0.25) is 5.43 Å². The van der Waals surface area contributed by atoms with Crippen LogP contribution in [0.25, 0.3) is 33.4 Å². The molecule has 6 nitrogen and oxygen atoms in total. The predicted molar refractivity (Wildman–Crippen MR) is 153 cm³/mol. The molecule has 1 aliphatic carbocycles. The molecular formula is C31H30BrNO5. The van der Waals surface area contributed by atoms with Crippen LogP contribution >= 0.6 is 15.9 Å². The highest BCUT2D eigenvalue weighted by atomic mass is 79.9. The van der Waals surface area contributed by atoms with Gasteiger partial charge in [-0.3, -0.25) is 4.79 Å². The molecule has 1 aliphatic rings. The number of amides is 1. The standard InChI is InChI=1S/C31H30BrNO5/c1-30(2,3)38-29(35)33-31(15-8-16-31)21-13-11-19(12-14-21)26-27(34)22-17-25(36-4)23(32)18-24(22)37-28(26)20-9-6-5-7-10-20/h5-7,9-14,17-18H,8,15-16H2,1-4H3,(H,33,35). The van der Waals surface area contributed by atoms with Gasteiger partial charge in [0.15, 0.2) is 0 Å². The van der Waals surface area contributed by atoms with E-state index < -0.39 is 17.2 Å². The van der Waals surface area contributed by atoms with Crippen LogP contribution in [0.15, 0.2) is 80.4 Å². The summed E-state index contributed by atoms with van der Waals surface area (Å²) in [6.07, 6.45) is 2.24. The third-order valence-corrected chi connectivity index (χ3v) is 7.49. The van der Waals surface area contributed by atoms with Crippen molar-refractivity contribution in [3.8, 4) is 28.2 Å². The molecule has 0 saturated heterocycles. The third-order valence-electron chi connectivity index (χ3n) is 6.87. The minimum Gasteiger partial charge on any atom is -0.496 e. The molecule has 1 aromatic heterocycles. The van der Waals surface area contributed by atoms with Crippen molar-refractivity contribution >= 4 is 33.0 Å². The molecule has 5 rings (SSSR count). The van der Waals surface area contributed by atoms with Gasteiger partial charge in [0, 0.05) is 5.56 Å². The zero-order valence-corrected chi connectivity index (χ0v) is 23.5. The van der Waals surface area contributed by atoms with Crippen molar-refractivity contribution < 1.29 is 18.7 Å². The van der Waals surface area contributed by atoms with Crippen molar-refractivity contribution in [3.63, 3.8) is 0 Å². The predicted octanol–water partition coefficient (Wildman–Crippen LogP) is 7.80. The largest absolute Gasteiger partial charge is 0.496 e. The molecule has 3 aromatic carbocycles. The second-order valence-electron chi connectivity index (χ2n) is 10.6. The van der Waals surface area contributed by atoms with Gasteiger partial charge < -0.3 is 19.2 Å². The summed E-state index contributed by atoms with van der Waals surface area (Å²) in [5, 5.41) is 3.53. The molecule has 1 N–H and O–H groups in total. The van der Waals surface area contributed by atoms with Gasteiger partial charge in [-0.1, -0.05) is 54.6 Å². The smallest absolute Gasteiger partial charge is 0.408 e. The number of hydrogen-bond donors (Lipinski definition) is 1. The Kier molecular flexibility index (Phi) is 6.82. The Morgan fingerprint density at radius 1 is 1.00 bits per heavy atom. The second-order valence-corrected chi connectivity index (χ2v) is 11.5. The average Bonchev–Trinajstić information content (AvgIpc) is 2.85. The van der Waals surface area contributed by atoms with Crippen LogP contribution < -0.4 is 15.5 Å². The van der Waals surface area contributed by atoms with E-state index >= 15 is 0 Å². The van der Waals surface area contributed by atoms with Crippen LogP contribution in [0.2, 0.25) is 0 Å². The molecule has 1 fully saturated rings. The lowest BCUT2D eigenvalue weighted by Crippen LogP contribution is -2.52. The summed E-state index contributed by atoms with van der Waals surface area (Å²) < 4.78 is 18.0. The summed E-state index contributed by atoms with van der Waals surface area (Å²) in [6, 6.07) is 20.9. The molecule has 0 radical (unpaired) electrons. The van der Waals surface area contributed by atoms with E-state index in [2.05, 4.69) is 21.2 Å². The fraction of sp³-hybridized carbons (Fsp3) is 0.290. The van der Waals surface area contributed by atoms with E-state index in [-0.39, 0.29) is 5.43 Å². The summed E-state index contributed by atoms with van der Waals surface area (Å²) in [6.45, 7) is 5.55. The number of nitrogens with one attached hydrogen (secondary N) is 1. The first-order valence-corrected chi connectivity index (χ1v) is 13.4. The minimum absolute atomic E-state index is 0.145. The van der Waals surface area contributed by atoms with E-state index in [4.69, 9.17) is 13.9 Å². The van der Waals surface area contributed by atoms with Crippen molar-refractivity contribution in [2.75, 3.05) is 7.11 Å². The van der Waals surface area contributed by atoms with E-state index in [9.17, 15) is 9.59 Å². The topological polar surface area (TPSA) is 77.8 Å². The molecule has 38 heavy (non-hydrogen) atoms. The number of hydrogen-bond acceptors (Lipinski definition) is 5. The summed E-state index contributed by atoms with van der Waals surface area (Å²) in [5.74, 6) is 1.05. The fourth-order valence-electron chi connectivity index (χ4n) is 4.88. The van der Waals surface area contributed by atoms with Gasteiger partial charge >= 0.3 is 6.09 Å². The van der Waals surface area contributed by atoms with Crippen LogP contribution in [0.5, 0.6) is 5.75 Å². The lowest BCUT2D eigenvalue weighted by Gasteiger charge is -2.43. The van der Waals surface area contributed by atoms with E-state index in [0.717, 1.165) is 36.0 Å². The number of carbonyl (C=O) groups is 1. The molecule has 0 atom stereocenters. The summed E-state index contributed by atoms with van der Waals surface area (Å²) in [4.78, 5) is 26.5. The maximum atomic E-state index is 13.9. The van der Waals surface area contributed by atoms with Crippen molar-refractivity contribution in [1.29, 1.82) is 0 Å². The monoisotopic (exact) mass is 575 g/mol. The zero-order chi connectivity index (χ0) is 27.1. The van der Waals surface area contributed by atoms with E-state index in [1.807, 2.05) is 75.4 Å². The van der Waals surface area contributed by atoms with Crippen LogP contribution in [0.1, 0.15) is 45.6 Å². The van der Waals surface area contributed by atoms with Gasteiger partial charge in [-0.05, 0) is 79.2 Å². The first-order chi connectivity index (χ1) is 18.1. The SMILES string of the molecule is COc1cc2c(=O)c(-c3ccc(C4(NC(=O)OC(C)(C)C)CCC4)cc3)c(-c3ccccc3)oc2cc1Br. The van der Waals surface area contributed by atoms with Gasteiger partial charge in [-0.25, -0.2) is 4.79 Å². The van der Waals surface area contributed by atoms with E-state index in [1.165, 1.54) is 0 Å². The van der Waals surface area contributed by atoms with Crippen molar-refractivity contribution in [2.45, 2.75) is 51.2 Å². The summed E-state index contributed by atoms with van der Waals surface area (Å²) in [7, 11) is 1.56. The maximum Gasteiger partial charge on any atom is 0.408 e. The number of halogens is 1. The molecule has 1 amide bonds. The molecule has 0 unspecified atom stereocenters. The molecular weight excluding hydrogens is 546 g/mol. The normalized spacial score (nSPS) is 14.6. The van der Waals surface area contributed by atoms with Crippen molar-refractivity contribution in [1.82, 2.24) is 5.32 Å². The van der Waals surface area contributed by atoms with Crippen LogP contribution in [0.3, 0.4) is 0 Å². The van der Waals surface area contributed by atoms with Gasteiger partial charge in [0.25, 0.3) is 0 Å². The van der Waals surface area contributed by atoms with Gasteiger partial charge in [0.05, 0.1) is 28.1 Å². The van der Waals surface area contributed by atoms with E-state index in [1.54, 1.807) is 19.2 Å². The number of alkyl carbamates (subject to hydrolysis) is 1. The van der Waals surface area contributed by atoms with Crippen molar-refractivity contribution in [3.05, 3.63) is 87.0 Å². The Hall–Kier alpha value is -3.58. The Balaban J connectivity index is 1.60. The number of methoxy groups -OCH3 is 1. The molecule has 1 saturated carbocycles. The number of rotatable bonds is 5. The lowest BCUT2D eigenvalue weighted by molar-refractivity contribution is 0.0377. The summed E-state index contributed by atoms with van der Waals surface area (Å²) >= 11 is 3.49. The van der Waals surface area contributed by atoms with E-state index in [0.29, 0.717) is 32.5 Å². The Morgan fingerprint density at radius 2 is 1.68 bits per heavy atom. The lowest BCUT2D eigenvalue weighted by atomic mass is 9.71. The highest BCUT2D eigenvalue weighted by Crippen LogP contribution is 2.43. The molecule has 196 valence electrons. The van der Waals surface area contributed by atoms with Crippen LogP contribution in [-0.4, -0.2) is 18.8 Å². The van der Waals surface area contributed by atoms with Crippen LogP contribution in [0.4, 0.5) is 4.79 Å². The number of carbonyl (C=O) groups excluding carboxylic acids is 1. The number of benzene rings is 3. The summed E-state index contributed by atoms with van der Waals surface area (Å²) in [5.41, 5.74) is 2.27. The Morgan fingerprint density at radius 3 is 2.26 bits per heavy atom. The van der Waals surface area contributed by atoms with Crippen LogP contribution in [-0.2, 0) is 10.3 Å². The zero-order valence-electron chi connectivity index (χ0n) is 21.9. The third kappa shape index (κ3) is 4.95. The van der Waals surface area contributed by atoms with Gasteiger partial charge in [0.1, 0.15) is 22.7 Å². The Bertz CT molecular complexity index is 1550. The first kappa shape index (κ1) is 26.0. The molecule has 7 heteroatoms. The highest BCUT2D eigenvalue weighted by Gasteiger charge is 2.41. The van der Waals surface area contributed by atoms with Gasteiger partial charge in [-0.15, -0.1) is 0 Å². The maximum absolute atomic E-state index is 13.9. The first-order valence-electron chi connectivity index (χ1n) is 12.6. The highest BCUT2D eigenvalue weighted by molar-refractivity contribution is 9.10. The Labute approximate surface area is 230 Å². The quantitative estimate of drug-likeness (QED) is 0.262. The van der Waals surface area contributed by atoms with Crippen molar-refractivity contribution in [2.24, 2.45) is 0 Å². The van der Waals surface area contributed by atoms with Gasteiger partial charge in [-0.2, -0.15) is 0 Å². The van der Waals surface area contributed by atoms with Crippen LogP contribution in [0, 0.1) is 0 Å². The molecule has 4 aromatic rings. The average molecular weight is 576 g/mol. The minimum atomic E-state index is -0.574. The second kappa shape index (κ2) is 9.95. The molecule has 0 aliphatic heterocycles. The molecule has 1 heterocycles. The number of fused-ring (bicyclic) bond motifs is 1. The molecule has 0 bridgehead atoms. The number of ether oxygens (including phenoxy) is 2. The molecule has 0 spiro atoms. The fourth-order valence-corrected chi connectivity index (χ4v) is 5.36.